The third-order valence-electron chi connectivity index (χ3n) is 3.11. The van der Waals surface area contributed by atoms with Crippen LogP contribution in [0.1, 0.15) is 22.9 Å². The summed E-state index contributed by atoms with van der Waals surface area (Å²) in [6, 6.07) is 14.4. The van der Waals surface area contributed by atoms with E-state index in [0.29, 0.717) is 5.11 Å². The van der Waals surface area contributed by atoms with E-state index in [1.165, 1.54) is 4.88 Å². The van der Waals surface area contributed by atoms with E-state index in [4.69, 9.17) is 18.0 Å². The molecule has 2 heterocycles. The number of nitrogens with zero attached hydrogens (tertiary/aromatic N) is 2. The fraction of sp³-hybridized carbons (Fsp3) is 0.143. The molecule has 0 saturated carbocycles. The van der Waals surface area contributed by atoms with Crippen LogP contribution in [0.5, 0.6) is 0 Å². The Balaban J connectivity index is 1.94. The van der Waals surface area contributed by atoms with E-state index in [2.05, 4.69) is 28.7 Å². The quantitative estimate of drug-likeness (QED) is 0.863. The highest BCUT2D eigenvalue weighted by Gasteiger charge is 2.30. The smallest absolute Gasteiger partial charge is 0.187 e. The molecule has 0 unspecified atom stereocenters. The second-order valence-corrected chi connectivity index (χ2v) is 5.73. The van der Waals surface area contributed by atoms with Gasteiger partial charge in [-0.3, -0.25) is 0 Å². The molecule has 3 rings (SSSR count). The molecule has 96 valence electrons. The zero-order chi connectivity index (χ0) is 13.2. The number of nitrogens with two attached hydrogens (primary N) is 1. The maximum atomic E-state index is 5.79. The van der Waals surface area contributed by atoms with Crippen LogP contribution >= 0.6 is 23.6 Å². The van der Waals surface area contributed by atoms with E-state index < -0.39 is 0 Å². The Morgan fingerprint density at radius 2 is 2.05 bits per heavy atom. The molecule has 1 atom stereocenters. The van der Waals surface area contributed by atoms with Crippen LogP contribution in [-0.4, -0.2) is 15.8 Å². The first-order chi connectivity index (χ1) is 9.25. The lowest BCUT2D eigenvalue weighted by atomic mass is 10.0. The maximum absolute atomic E-state index is 5.79. The Morgan fingerprint density at radius 1 is 1.26 bits per heavy atom. The molecule has 5 heteroatoms. The average Bonchev–Trinajstić information content (AvgIpc) is 3.08. The fourth-order valence-electron chi connectivity index (χ4n) is 2.22. The third kappa shape index (κ3) is 2.39. The molecule has 1 aliphatic rings. The van der Waals surface area contributed by atoms with Crippen LogP contribution in [0.15, 0.2) is 52.9 Å². The van der Waals surface area contributed by atoms with Crippen molar-refractivity contribution in [2.24, 2.45) is 10.8 Å². The molecule has 0 spiro atoms. The van der Waals surface area contributed by atoms with Crippen molar-refractivity contribution in [3.8, 4) is 0 Å². The van der Waals surface area contributed by atoms with Crippen molar-refractivity contribution >= 4 is 34.4 Å². The molecule has 0 bridgehead atoms. The van der Waals surface area contributed by atoms with Crippen LogP contribution in [0, 0.1) is 0 Å². The Labute approximate surface area is 121 Å². The summed E-state index contributed by atoms with van der Waals surface area (Å²) < 4.78 is 0. The number of thiophene rings is 1. The molecule has 3 nitrogen and oxygen atoms in total. The summed E-state index contributed by atoms with van der Waals surface area (Å²) in [7, 11) is 0. The lowest BCUT2D eigenvalue weighted by Crippen LogP contribution is -2.31. The van der Waals surface area contributed by atoms with Gasteiger partial charge in [0.25, 0.3) is 0 Å². The van der Waals surface area contributed by atoms with Crippen LogP contribution in [0.2, 0.25) is 0 Å². The minimum atomic E-state index is 0.132. The summed E-state index contributed by atoms with van der Waals surface area (Å²) in [5, 5.41) is 8.73. The van der Waals surface area contributed by atoms with Crippen LogP contribution in [0.25, 0.3) is 0 Å². The predicted molar refractivity (Wildman–Crippen MR) is 83.3 cm³/mol. The molecule has 0 aliphatic carbocycles. The topological polar surface area (TPSA) is 41.6 Å². The van der Waals surface area contributed by atoms with Gasteiger partial charge in [0.05, 0.1) is 11.8 Å². The summed E-state index contributed by atoms with van der Waals surface area (Å²) in [6.45, 7) is 0. The van der Waals surface area contributed by atoms with E-state index in [-0.39, 0.29) is 6.04 Å². The van der Waals surface area contributed by atoms with E-state index in [9.17, 15) is 0 Å². The van der Waals surface area contributed by atoms with E-state index >= 15 is 0 Å². The lowest BCUT2D eigenvalue weighted by molar-refractivity contribution is 0.378. The highest BCUT2D eigenvalue weighted by Crippen LogP contribution is 2.34. The summed E-state index contributed by atoms with van der Waals surface area (Å²) in [4.78, 5) is 1.24. The lowest BCUT2D eigenvalue weighted by Gasteiger charge is -2.20. The first-order valence-corrected chi connectivity index (χ1v) is 7.29. The standard InChI is InChI=1S/C14H13N3S2/c15-14(18)17-12(13-7-4-8-19-13)9-11(16-17)10-5-2-1-3-6-10/h1-8,12H,9H2,(H2,15,18)/t12-/m0/s1. The highest BCUT2D eigenvalue weighted by molar-refractivity contribution is 7.80. The Kier molecular flexibility index (Phi) is 3.31. The highest BCUT2D eigenvalue weighted by atomic mass is 32.1. The first-order valence-electron chi connectivity index (χ1n) is 6.00. The molecule has 2 aromatic rings. The van der Waals surface area contributed by atoms with Gasteiger partial charge in [-0.25, -0.2) is 5.01 Å². The Bertz CT molecular complexity index is 605. The van der Waals surface area contributed by atoms with Crippen LogP contribution < -0.4 is 5.73 Å². The van der Waals surface area contributed by atoms with E-state index in [1.807, 2.05) is 24.3 Å². The summed E-state index contributed by atoms with van der Waals surface area (Å²) in [6.07, 6.45) is 0.835. The summed E-state index contributed by atoms with van der Waals surface area (Å²) in [5.74, 6) is 0. The molecule has 2 N–H and O–H groups in total. The van der Waals surface area contributed by atoms with E-state index in [1.54, 1.807) is 16.3 Å². The van der Waals surface area contributed by atoms with Crippen LogP contribution in [0.3, 0.4) is 0 Å². The molecule has 1 aliphatic heterocycles. The number of hydrogen-bond donors (Lipinski definition) is 1. The molecular weight excluding hydrogens is 274 g/mol. The van der Waals surface area contributed by atoms with Gasteiger partial charge in [-0.1, -0.05) is 36.4 Å². The van der Waals surface area contributed by atoms with Crippen molar-refractivity contribution in [3.63, 3.8) is 0 Å². The Hall–Kier alpha value is -1.72. The molecular formula is C14H13N3S2. The molecule has 0 fully saturated rings. The zero-order valence-corrected chi connectivity index (χ0v) is 11.8. The summed E-state index contributed by atoms with van der Waals surface area (Å²) >= 11 is 6.82. The Morgan fingerprint density at radius 3 is 2.68 bits per heavy atom. The third-order valence-corrected chi connectivity index (χ3v) is 4.28. The van der Waals surface area contributed by atoms with Gasteiger partial charge >= 0.3 is 0 Å². The van der Waals surface area contributed by atoms with Crippen LogP contribution in [-0.2, 0) is 0 Å². The molecule has 0 radical (unpaired) electrons. The summed E-state index contributed by atoms with van der Waals surface area (Å²) in [5.41, 5.74) is 7.95. The SMILES string of the molecule is NC(=S)N1N=C(c2ccccc2)C[C@H]1c1cccs1. The second kappa shape index (κ2) is 5.11. The minimum absolute atomic E-state index is 0.132. The van der Waals surface area contributed by atoms with Crippen molar-refractivity contribution in [1.82, 2.24) is 5.01 Å². The van der Waals surface area contributed by atoms with Crippen molar-refractivity contribution in [2.45, 2.75) is 12.5 Å². The second-order valence-electron chi connectivity index (χ2n) is 4.33. The molecule has 0 amide bonds. The molecule has 0 saturated heterocycles. The molecule has 19 heavy (non-hydrogen) atoms. The van der Waals surface area contributed by atoms with Gasteiger partial charge in [0, 0.05) is 11.3 Å². The largest absolute Gasteiger partial charge is 0.375 e. The van der Waals surface area contributed by atoms with Crippen molar-refractivity contribution in [2.75, 3.05) is 0 Å². The van der Waals surface area contributed by atoms with Crippen molar-refractivity contribution < 1.29 is 0 Å². The number of benzene rings is 1. The van der Waals surface area contributed by atoms with Crippen molar-refractivity contribution in [3.05, 3.63) is 58.3 Å². The van der Waals surface area contributed by atoms with E-state index in [0.717, 1.165) is 17.7 Å². The molecule has 1 aromatic carbocycles. The van der Waals surface area contributed by atoms with Gasteiger partial charge < -0.3 is 5.73 Å². The maximum Gasteiger partial charge on any atom is 0.187 e. The minimum Gasteiger partial charge on any atom is -0.375 e. The van der Waals surface area contributed by atoms with Gasteiger partial charge in [-0.05, 0) is 29.2 Å². The number of hydrazone groups is 1. The van der Waals surface area contributed by atoms with Gasteiger partial charge in [0.2, 0.25) is 0 Å². The normalized spacial score (nSPS) is 18.4. The number of hydrogen-bond acceptors (Lipinski definition) is 3. The zero-order valence-electron chi connectivity index (χ0n) is 10.2. The average molecular weight is 287 g/mol. The molecule has 1 aromatic heterocycles. The van der Waals surface area contributed by atoms with Gasteiger partial charge in [-0.2, -0.15) is 5.10 Å². The fourth-order valence-corrected chi connectivity index (χ4v) is 3.20. The van der Waals surface area contributed by atoms with Gasteiger partial charge in [-0.15, -0.1) is 11.3 Å². The van der Waals surface area contributed by atoms with Crippen molar-refractivity contribution in [1.29, 1.82) is 0 Å². The van der Waals surface area contributed by atoms with Gasteiger partial charge in [0.1, 0.15) is 0 Å². The van der Waals surface area contributed by atoms with Crippen LogP contribution in [0.4, 0.5) is 0 Å². The predicted octanol–water partition coefficient (Wildman–Crippen LogP) is 3.14. The number of thiocarbonyl (C=S) groups is 1. The number of rotatable bonds is 2. The first kappa shape index (κ1) is 12.3. The monoisotopic (exact) mass is 287 g/mol. The van der Waals surface area contributed by atoms with Gasteiger partial charge in [0.15, 0.2) is 5.11 Å².